The van der Waals surface area contributed by atoms with E-state index >= 15 is 0 Å². The Balaban J connectivity index is 2.08. The molecule has 1 rings (SSSR count). The maximum absolute atomic E-state index is 2.51. The predicted octanol–water partition coefficient (Wildman–Crippen LogP) is 4.48. The zero-order valence-corrected chi connectivity index (χ0v) is 9.98. The van der Waals surface area contributed by atoms with Crippen molar-refractivity contribution >= 4 is 22.6 Å². The van der Waals surface area contributed by atoms with Gasteiger partial charge in [0.15, 0.2) is 0 Å². The summed E-state index contributed by atoms with van der Waals surface area (Å²) in [6.45, 7) is 0. The third kappa shape index (κ3) is 4.48. The smallest absolute Gasteiger partial charge is 0.000462 e. The topological polar surface area (TPSA) is 0 Å². The molecule has 0 radical (unpaired) electrons. The second-order valence-corrected chi connectivity index (χ2v) is 4.69. The van der Waals surface area contributed by atoms with E-state index in [0.29, 0.717) is 0 Å². The fourth-order valence-electron chi connectivity index (χ4n) is 1.76. The molecule has 1 saturated carbocycles. The van der Waals surface area contributed by atoms with E-state index < -0.39 is 0 Å². The van der Waals surface area contributed by atoms with Crippen LogP contribution in [-0.2, 0) is 0 Å². The normalized spacial score (nSPS) is 17.9. The molecule has 0 saturated heterocycles. The van der Waals surface area contributed by atoms with Crippen molar-refractivity contribution in [1.29, 1.82) is 0 Å². The highest BCUT2D eigenvalue weighted by Crippen LogP contribution is 2.23. The largest absolute Gasteiger partial charge is 0.0864 e. The number of unbranched alkanes of at least 4 members (excludes halogenated alkanes) is 2. The van der Waals surface area contributed by atoms with Crippen LogP contribution in [0, 0.1) is 0 Å². The molecule has 0 aromatic carbocycles. The summed E-state index contributed by atoms with van der Waals surface area (Å²) in [6, 6.07) is 0. The average Bonchev–Trinajstić information content (AvgIpc) is 2.14. The molecule has 0 aromatic heterocycles. The lowest BCUT2D eigenvalue weighted by molar-refractivity contribution is 0.595. The molecule has 0 bridgehead atoms. The third-order valence-electron chi connectivity index (χ3n) is 2.52. The first-order valence-corrected chi connectivity index (χ1v) is 6.70. The van der Waals surface area contributed by atoms with Crippen molar-refractivity contribution < 1.29 is 0 Å². The van der Waals surface area contributed by atoms with Crippen LogP contribution < -0.4 is 0 Å². The molecule has 0 amide bonds. The van der Waals surface area contributed by atoms with Gasteiger partial charge in [0.1, 0.15) is 0 Å². The highest BCUT2D eigenvalue weighted by molar-refractivity contribution is 14.1. The van der Waals surface area contributed by atoms with Crippen LogP contribution in [0.2, 0.25) is 0 Å². The van der Waals surface area contributed by atoms with Crippen molar-refractivity contribution in [2.45, 2.75) is 51.4 Å². The summed E-state index contributed by atoms with van der Waals surface area (Å²) in [5.74, 6) is 0. The summed E-state index contributed by atoms with van der Waals surface area (Å²) in [5.41, 5.74) is 1.75. The van der Waals surface area contributed by atoms with Crippen LogP contribution in [-0.4, -0.2) is 4.43 Å². The van der Waals surface area contributed by atoms with Gasteiger partial charge in [-0.3, -0.25) is 0 Å². The van der Waals surface area contributed by atoms with E-state index in [1.165, 1.54) is 55.8 Å². The van der Waals surface area contributed by atoms with Crippen LogP contribution in [0.5, 0.6) is 0 Å². The molecular weight excluding hydrogens is 259 g/mol. The molecular formula is C11H19I. The Morgan fingerprint density at radius 2 is 1.83 bits per heavy atom. The molecule has 12 heavy (non-hydrogen) atoms. The molecule has 1 fully saturated rings. The van der Waals surface area contributed by atoms with E-state index in [4.69, 9.17) is 0 Å². The Morgan fingerprint density at radius 1 is 1.08 bits per heavy atom. The number of hydrogen-bond acceptors (Lipinski definition) is 0. The lowest BCUT2D eigenvalue weighted by Gasteiger charge is -2.13. The van der Waals surface area contributed by atoms with Crippen LogP contribution in [0.3, 0.4) is 0 Å². The molecule has 0 N–H and O–H groups in total. The van der Waals surface area contributed by atoms with Gasteiger partial charge in [-0.25, -0.2) is 0 Å². The SMILES string of the molecule is ICCCCC=C1CCCCC1. The zero-order chi connectivity index (χ0) is 8.65. The Morgan fingerprint density at radius 3 is 2.50 bits per heavy atom. The van der Waals surface area contributed by atoms with E-state index in [9.17, 15) is 0 Å². The van der Waals surface area contributed by atoms with Gasteiger partial charge in [0, 0.05) is 0 Å². The minimum absolute atomic E-state index is 1.32. The van der Waals surface area contributed by atoms with Gasteiger partial charge in [0.2, 0.25) is 0 Å². The maximum Gasteiger partial charge on any atom is -0.000462 e. The van der Waals surface area contributed by atoms with Gasteiger partial charge >= 0.3 is 0 Å². The first-order valence-electron chi connectivity index (χ1n) is 5.17. The van der Waals surface area contributed by atoms with Gasteiger partial charge in [0.05, 0.1) is 0 Å². The zero-order valence-electron chi connectivity index (χ0n) is 7.82. The minimum atomic E-state index is 1.32. The molecule has 1 aliphatic carbocycles. The predicted molar refractivity (Wildman–Crippen MR) is 63.9 cm³/mol. The van der Waals surface area contributed by atoms with Crippen molar-refractivity contribution in [2.75, 3.05) is 4.43 Å². The summed E-state index contributed by atoms with van der Waals surface area (Å²) in [7, 11) is 0. The average molecular weight is 278 g/mol. The molecule has 0 atom stereocenters. The second-order valence-electron chi connectivity index (χ2n) is 3.61. The number of allylic oxidation sites excluding steroid dienone is 2. The fraction of sp³-hybridized carbons (Fsp3) is 0.818. The number of rotatable bonds is 4. The van der Waals surface area contributed by atoms with E-state index in [2.05, 4.69) is 28.7 Å². The Bertz CT molecular complexity index is 130. The highest BCUT2D eigenvalue weighted by Gasteiger charge is 2.03. The first kappa shape index (κ1) is 10.6. The molecule has 0 aromatic rings. The molecule has 0 heterocycles. The summed E-state index contributed by atoms with van der Waals surface area (Å²) < 4.78 is 1.32. The third-order valence-corrected chi connectivity index (χ3v) is 3.28. The first-order chi connectivity index (χ1) is 5.93. The van der Waals surface area contributed by atoms with Crippen LogP contribution in [0.4, 0.5) is 0 Å². The van der Waals surface area contributed by atoms with Gasteiger partial charge in [-0.1, -0.05) is 40.7 Å². The van der Waals surface area contributed by atoms with E-state index in [1.807, 2.05) is 0 Å². The monoisotopic (exact) mass is 278 g/mol. The molecule has 0 unspecified atom stereocenters. The quantitative estimate of drug-likeness (QED) is 0.308. The maximum atomic E-state index is 2.51. The van der Waals surface area contributed by atoms with Crippen molar-refractivity contribution in [3.8, 4) is 0 Å². The minimum Gasteiger partial charge on any atom is -0.0864 e. The molecule has 1 aliphatic rings. The summed E-state index contributed by atoms with van der Waals surface area (Å²) in [6.07, 6.45) is 13.8. The van der Waals surface area contributed by atoms with Gasteiger partial charge in [0.25, 0.3) is 0 Å². The number of hydrogen-bond donors (Lipinski definition) is 0. The van der Waals surface area contributed by atoms with Crippen molar-refractivity contribution in [1.82, 2.24) is 0 Å². The Hall–Kier alpha value is 0.470. The van der Waals surface area contributed by atoms with Gasteiger partial charge in [-0.2, -0.15) is 0 Å². The van der Waals surface area contributed by atoms with Gasteiger partial charge < -0.3 is 0 Å². The van der Waals surface area contributed by atoms with Crippen LogP contribution in [0.15, 0.2) is 11.6 Å². The Labute approximate surface area is 90.0 Å². The van der Waals surface area contributed by atoms with Crippen molar-refractivity contribution in [3.63, 3.8) is 0 Å². The molecule has 0 nitrogen and oxygen atoms in total. The molecule has 0 spiro atoms. The fourth-order valence-corrected chi connectivity index (χ4v) is 2.29. The van der Waals surface area contributed by atoms with Crippen molar-refractivity contribution in [3.05, 3.63) is 11.6 Å². The molecule has 0 aliphatic heterocycles. The van der Waals surface area contributed by atoms with Crippen LogP contribution >= 0.6 is 22.6 Å². The summed E-state index contributed by atoms with van der Waals surface area (Å²) in [5, 5.41) is 0. The lowest BCUT2D eigenvalue weighted by Crippen LogP contribution is -1.93. The lowest BCUT2D eigenvalue weighted by atomic mass is 9.94. The number of alkyl halides is 1. The second kappa shape index (κ2) is 6.93. The summed E-state index contributed by atoms with van der Waals surface area (Å²) >= 11 is 2.46. The van der Waals surface area contributed by atoms with Crippen LogP contribution in [0.1, 0.15) is 51.4 Å². The van der Waals surface area contributed by atoms with E-state index in [-0.39, 0.29) is 0 Å². The Kier molecular flexibility index (Phi) is 6.09. The van der Waals surface area contributed by atoms with Crippen molar-refractivity contribution in [2.24, 2.45) is 0 Å². The summed E-state index contributed by atoms with van der Waals surface area (Å²) in [4.78, 5) is 0. The number of halogens is 1. The molecule has 1 heteroatoms. The van der Waals surface area contributed by atoms with Gasteiger partial charge in [-0.15, -0.1) is 0 Å². The van der Waals surface area contributed by atoms with Crippen LogP contribution in [0.25, 0.3) is 0 Å². The van der Waals surface area contributed by atoms with E-state index in [0.717, 1.165) is 0 Å². The van der Waals surface area contributed by atoms with Gasteiger partial charge in [-0.05, 0) is 49.4 Å². The van der Waals surface area contributed by atoms with E-state index in [1.54, 1.807) is 5.57 Å². The standard InChI is InChI=1S/C11H19I/c12-10-6-2-5-9-11-7-3-1-4-8-11/h9H,1-8,10H2. The highest BCUT2D eigenvalue weighted by atomic mass is 127. The molecule has 70 valence electrons.